The summed E-state index contributed by atoms with van der Waals surface area (Å²) in [6, 6.07) is 3.95. The predicted molar refractivity (Wildman–Crippen MR) is 84.0 cm³/mol. The second kappa shape index (κ2) is 6.91. The molecule has 0 bridgehead atoms. The van der Waals surface area contributed by atoms with Crippen LogP contribution in [0.3, 0.4) is 0 Å². The van der Waals surface area contributed by atoms with Crippen molar-refractivity contribution in [1.29, 1.82) is 0 Å². The number of aromatic nitrogens is 1. The van der Waals surface area contributed by atoms with Crippen molar-refractivity contribution in [2.24, 2.45) is 5.92 Å². The maximum Gasteiger partial charge on any atom is 0.324 e. The van der Waals surface area contributed by atoms with Crippen LogP contribution in [-0.4, -0.2) is 34.4 Å². The van der Waals surface area contributed by atoms with Crippen molar-refractivity contribution in [3.8, 4) is 0 Å². The van der Waals surface area contributed by atoms with Crippen LogP contribution in [0.2, 0.25) is 0 Å². The fourth-order valence-corrected chi connectivity index (χ4v) is 4.08. The average molecular weight is 359 g/mol. The Kier molecular flexibility index (Phi) is 5.46. The third kappa shape index (κ3) is 3.35. The summed E-state index contributed by atoms with van der Waals surface area (Å²) in [5.41, 5.74) is -0.728. The van der Waals surface area contributed by atoms with Crippen LogP contribution in [-0.2, 0) is 4.79 Å². The minimum atomic E-state index is -0.728. The first-order chi connectivity index (χ1) is 9.58. The minimum absolute atomic E-state index is 0.202. The van der Waals surface area contributed by atoms with E-state index in [9.17, 15) is 9.90 Å². The average Bonchev–Trinajstić information content (AvgIpc) is 2.85. The molecule has 110 valence electrons. The molecule has 1 aromatic rings. The first-order valence-corrected chi connectivity index (χ1v) is 8.53. The molecule has 1 saturated carbocycles. The molecule has 1 heterocycles. The van der Waals surface area contributed by atoms with Crippen LogP contribution in [0.15, 0.2) is 27.8 Å². The number of hydrogen-bond acceptors (Lipinski definition) is 4. The Labute approximate surface area is 131 Å². The Morgan fingerprint density at radius 3 is 3.05 bits per heavy atom. The molecule has 0 spiro atoms. The van der Waals surface area contributed by atoms with E-state index in [1.807, 2.05) is 12.1 Å². The number of halogens is 1. The van der Waals surface area contributed by atoms with Crippen molar-refractivity contribution in [3.05, 3.63) is 22.8 Å². The topological polar surface area (TPSA) is 62.2 Å². The lowest BCUT2D eigenvalue weighted by atomic mass is 9.85. The van der Waals surface area contributed by atoms with E-state index in [1.165, 1.54) is 0 Å². The van der Waals surface area contributed by atoms with Gasteiger partial charge in [-0.3, -0.25) is 4.79 Å². The van der Waals surface area contributed by atoms with Crippen LogP contribution in [0.5, 0.6) is 0 Å². The van der Waals surface area contributed by atoms with Crippen molar-refractivity contribution in [1.82, 2.24) is 10.3 Å². The van der Waals surface area contributed by atoms with Crippen LogP contribution in [0, 0.1) is 5.92 Å². The van der Waals surface area contributed by atoms with E-state index >= 15 is 0 Å². The molecular weight excluding hydrogens is 340 g/mol. The van der Waals surface area contributed by atoms with Gasteiger partial charge in [0.15, 0.2) is 0 Å². The second-order valence-corrected chi connectivity index (χ2v) is 7.10. The van der Waals surface area contributed by atoms with E-state index in [0.29, 0.717) is 0 Å². The number of nitrogens with zero attached hydrogens (tertiary/aromatic N) is 1. The number of hydrogen-bond donors (Lipinski definition) is 2. The van der Waals surface area contributed by atoms with Crippen LogP contribution in [0.1, 0.15) is 25.7 Å². The third-order valence-electron chi connectivity index (χ3n) is 4.06. The molecule has 2 rings (SSSR count). The van der Waals surface area contributed by atoms with Crippen molar-refractivity contribution in [2.45, 2.75) is 36.2 Å². The highest BCUT2D eigenvalue weighted by molar-refractivity contribution is 9.10. The molecule has 1 aliphatic rings. The summed E-state index contributed by atoms with van der Waals surface area (Å²) in [6.45, 7) is 0. The standard InChI is InChI=1S/C14H19BrN2O2S/c1-16-14(13(18)19)7-2-3-10(14)6-8-20-12-5-4-11(15)9-17-12/h4-5,9-10,16H,2-3,6-8H2,1H3,(H,18,19). The molecule has 1 fully saturated rings. The van der Waals surface area contributed by atoms with E-state index in [4.69, 9.17) is 0 Å². The molecule has 2 atom stereocenters. The molecule has 0 aromatic carbocycles. The molecule has 20 heavy (non-hydrogen) atoms. The number of thioether (sulfide) groups is 1. The van der Waals surface area contributed by atoms with Crippen molar-refractivity contribution < 1.29 is 9.90 Å². The molecule has 0 saturated heterocycles. The molecule has 4 nitrogen and oxygen atoms in total. The van der Waals surface area contributed by atoms with E-state index < -0.39 is 11.5 Å². The lowest BCUT2D eigenvalue weighted by Crippen LogP contribution is -2.53. The zero-order valence-corrected chi connectivity index (χ0v) is 13.8. The summed E-state index contributed by atoms with van der Waals surface area (Å²) in [4.78, 5) is 15.9. The Balaban J connectivity index is 1.90. The Bertz CT molecular complexity index is 469. The summed E-state index contributed by atoms with van der Waals surface area (Å²) in [6.07, 6.45) is 5.38. The fraction of sp³-hybridized carbons (Fsp3) is 0.571. The second-order valence-electron chi connectivity index (χ2n) is 5.07. The van der Waals surface area contributed by atoms with E-state index in [-0.39, 0.29) is 5.92 Å². The maximum atomic E-state index is 11.5. The lowest BCUT2D eigenvalue weighted by Gasteiger charge is -2.30. The number of likely N-dealkylation sites (N-methyl/N-ethyl adjacent to an activating group) is 1. The Hall–Kier alpha value is -0.590. The highest BCUT2D eigenvalue weighted by Crippen LogP contribution is 2.39. The van der Waals surface area contributed by atoms with E-state index in [0.717, 1.165) is 40.9 Å². The zero-order chi connectivity index (χ0) is 14.6. The number of carboxylic acid groups (broad SMARTS) is 1. The smallest absolute Gasteiger partial charge is 0.324 e. The van der Waals surface area contributed by atoms with Gasteiger partial charge < -0.3 is 10.4 Å². The minimum Gasteiger partial charge on any atom is -0.480 e. The first-order valence-electron chi connectivity index (χ1n) is 6.75. The van der Waals surface area contributed by atoms with Crippen LogP contribution in [0.4, 0.5) is 0 Å². The quantitative estimate of drug-likeness (QED) is 0.764. The largest absolute Gasteiger partial charge is 0.480 e. The number of pyridine rings is 1. The van der Waals surface area contributed by atoms with Crippen molar-refractivity contribution in [2.75, 3.05) is 12.8 Å². The summed E-state index contributed by atoms with van der Waals surface area (Å²) in [5.74, 6) is 0.387. The molecule has 1 aromatic heterocycles. The van der Waals surface area contributed by atoms with Gasteiger partial charge >= 0.3 is 5.97 Å². The van der Waals surface area contributed by atoms with Gasteiger partial charge in [0.05, 0.1) is 5.03 Å². The van der Waals surface area contributed by atoms with Gasteiger partial charge in [0, 0.05) is 10.7 Å². The SMILES string of the molecule is CNC1(C(=O)O)CCCC1CCSc1ccc(Br)cn1. The number of nitrogens with one attached hydrogen (secondary N) is 1. The van der Waals surface area contributed by atoms with Crippen molar-refractivity contribution >= 4 is 33.7 Å². The number of carbonyl (C=O) groups is 1. The van der Waals surface area contributed by atoms with Crippen LogP contribution in [0.25, 0.3) is 0 Å². The Morgan fingerprint density at radius 1 is 1.65 bits per heavy atom. The number of rotatable bonds is 6. The summed E-state index contributed by atoms with van der Waals surface area (Å²) in [5, 5.41) is 13.5. The third-order valence-corrected chi connectivity index (χ3v) is 5.51. The predicted octanol–water partition coefficient (Wildman–Crippen LogP) is 3.17. The highest BCUT2D eigenvalue weighted by Gasteiger charge is 2.47. The zero-order valence-electron chi connectivity index (χ0n) is 11.4. The fourth-order valence-electron chi connectivity index (χ4n) is 2.94. The normalized spacial score (nSPS) is 25.8. The maximum absolute atomic E-state index is 11.5. The van der Waals surface area contributed by atoms with Crippen molar-refractivity contribution in [3.63, 3.8) is 0 Å². The first kappa shape index (κ1) is 15.8. The number of carboxylic acids is 1. The number of aliphatic carboxylic acids is 1. The van der Waals surface area contributed by atoms with Gasteiger partial charge in [-0.25, -0.2) is 4.98 Å². The molecule has 0 radical (unpaired) electrons. The summed E-state index contributed by atoms with van der Waals surface area (Å²) < 4.78 is 0.970. The molecular formula is C14H19BrN2O2S. The summed E-state index contributed by atoms with van der Waals surface area (Å²) in [7, 11) is 1.76. The van der Waals surface area contributed by atoms with Gasteiger partial charge in [-0.05, 0) is 66.0 Å². The molecule has 2 N–H and O–H groups in total. The van der Waals surface area contributed by atoms with Gasteiger partial charge in [0.25, 0.3) is 0 Å². The van der Waals surface area contributed by atoms with Gasteiger partial charge in [-0.15, -0.1) is 11.8 Å². The van der Waals surface area contributed by atoms with E-state index in [2.05, 4.69) is 26.2 Å². The molecule has 0 amide bonds. The van der Waals surface area contributed by atoms with Gasteiger partial charge in [0.2, 0.25) is 0 Å². The lowest BCUT2D eigenvalue weighted by molar-refractivity contribution is -0.146. The molecule has 1 aliphatic carbocycles. The highest BCUT2D eigenvalue weighted by atomic mass is 79.9. The van der Waals surface area contributed by atoms with Gasteiger partial charge in [-0.1, -0.05) is 6.42 Å². The molecule has 0 aliphatic heterocycles. The van der Waals surface area contributed by atoms with Gasteiger partial charge in [0.1, 0.15) is 5.54 Å². The van der Waals surface area contributed by atoms with Crippen LogP contribution < -0.4 is 5.32 Å². The van der Waals surface area contributed by atoms with Crippen LogP contribution >= 0.6 is 27.7 Å². The van der Waals surface area contributed by atoms with E-state index in [1.54, 1.807) is 25.0 Å². The molecule has 2 unspecified atom stereocenters. The van der Waals surface area contributed by atoms with Gasteiger partial charge in [-0.2, -0.15) is 0 Å². The summed E-state index contributed by atoms with van der Waals surface area (Å²) >= 11 is 5.05. The monoisotopic (exact) mass is 358 g/mol. The molecule has 6 heteroatoms. The Morgan fingerprint density at radius 2 is 2.45 bits per heavy atom.